The Morgan fingerprint density at radius 3 is 2.77 bits per heavy atom. The van der Waals surface area contributed by atoms with Crippen molar-refractivity contribution in [1.29, 1.82) is 0 Å². The molecular weight excluding hydrogens is 302 g/mol. The highest BCUT2D eigenvalue weighted by atomic mass is 32.1. The fourth-order valence-corrected chi connectivity index (χ4v) is 3.06. The summed E-state index contributed by atoms with van der Waals surface area (Å²) in [6.45, 7) is 0. The summed E-state index contributed by atoms with van der Waals surface area (Å²) in [5, 5.41) is 6.36. The molecule has 0 heterocycles. The van der Waals surface area contributed by atoms with Crippen molar-refractivity contribution < 1.29 is 8.78 Å². The lowest BCUT2D eigenvalue weighted by molar-refractivity contribution is 0.529. The van der Waals surface area contributed by atoms with Crippen molar-refractivity contribution in [1.82, 2.24) is 5.32 Å². The van der Waals surface area contributed by atoms with Gasteiger partial charge in [-0.1, -0.05) is 24.3 Å². The van der Waals surface area contributed by atoms with Crippen LogP contribution in [0.5, 0.6) is 0 Å². The Bertz CT molecular complexity index is 703. The van der Waals surface area contributed by atoms with Gasteiger partial charge in [0.25, 0.3) is 0 Å². The fraction of sp³-hybridized carbons (Fsp3) is 0.235. The molecule has 0 fully saturated rings. The van der Waals surface area contributed by atoms with Crippen LogP contribution in [0.3, 0.4) is 0 Å². The molecule has 3 rings (SSSR count). The third-order valence-electron chi connectivity index (χ3n) is 3.85. The summed E-state index contributed by atoms with van der Waals surface area (Å²) in [6.07, 6.45) is 3.13. The summed E-state index contributed by atoms with van der Waals surface area (Å²) in [6, 6.07) is 11.7. The van der Waals surface area contributed by atoms with Gasteiger partial charge in [-0.05, 0) is 54.7 Å². The number of rotatable bonds is 2. The van der Waals surface area contributed by atoms with Gasteiger partial charge in [-0.2, -0.15) is 0 Å². The van der Waals surface area contributed by atoms with Crippen LogP contribution in [0.2, 0.25) is 0 Å². The minimum atomic E-state index is -0.659. The van der Waals surface area contributed by atoms with Crippen LogP contribution in [-0.4, -0.2) is 5.11 Å². The molecule has 1 atom stereocenters. The first-order valence-corrected chi connectivity index (χ1v) is 7.64. The highest BCUT2D eigenvalue weighted by Crippen LogP contribution is 2.29. The van der Waals surface area contributed by atoms with Gasteiger partial charge in [0.05, 0.1) is 11.7 Å². The molecule has 0 saturated heterocycles. The molecule has 0 radical (unpaired) electrons. The Labute approximate surface area is 133 Å². The fourth-order valence-electron chi connectivity index (χ4n) is 2.81. The zero-order chi connectivity index (χ0) is 15.5. The molecular formula is C17H16F2N2S. The lowest BCUT2D eigenvalue weighted by Gasteiger charge is -2.27. The van der Waals surface area contributed by atoms with Gasteiger partial charge in [-0.25, -0.2) is 8.78 Å². The SMILES string of the molecule is Fc1ccc(NC(=S)N[C@@H]2CCCc3ccccc32)c(F)c1. The molecule has 22 heavy (non-hydrogen) atoms. The first-order valence-electron chi connectivity index (χ1n) is 7.24. The maximum Gasteiger partial charge on any atom is 0.171 e. The predicted octanol–water partition coefficient (Wildman–Crippen LogP) is 4.33. The first kappa shape index (κ1) is 14.9. The van der Waals surface area contributed by atoms with Gasteiger partial charge < -0.3 is 10.6 Å². The van der Waals surface area contributed by atoms with Crippen molar-refractivity contribution in [3.63, 3.8) is 0 Å². The monoisotopic (exact) mass is 318 g/mol. The number of thiocarbonyl (C=S) groups is 1. The van der Waals surface area contributed by atoms with Crippen molar-refractivity contribution in [2.45, 2.75) is 25.3 Å². The summed E-state index contributed by atoms with van der Waals surface area (Å²) in [7, 11) is 0. The molecule has 0 aromatic heterocycles. The maximum absolute atomic E-state index is 13.6. The second-order valence-electron chi connectivity index (χ2n) is 5.37. The molecule has 1 aliphatic rings. The number of aryl methyl sites for hydroxylation is 1. The Morgan fingerprint density at radius 2 is 1.95 bits per heavy atom. The second kappa shape index (κ2) is 6.40. The third-order valence-corrected chi connectivity index (χ3v) is 4.07. The minimum Gasteiger partial charge on any atom is -0.356 e. The van der Waals surface area contributed by atoms with Crippen LogP contribution in [0.15, 0.2) is 42.5 Å². The van der Waals surface area contributed by atoms with Crippen molar-refractivity contribution in [2.24, 2.45) is 0 Å². The summed E-state index contributed by atoms with van der Waals surface area (Å²) >= 11 is 5.26. The standard InChI is InChI=1S/C17H16F2N2S/c18-12-8-9-16(14(19)10-12)21-17(22)20-15-7-3-5-11-4-1-2-6-13(11)15/h1-2,4,6,8-10,15H,3,5,7H2,(H2,20,21,22)/t15-/m1/s1. The van der Waals surface area contributed by atoms with Crippen LogP contribution >= 0.6 is 12.2 Å². The van der Waals surface area contributed by atoms with E-state index >= 15 is 0 Å². The molecule has 0 unspecified atom stereocenters. The minimum absolute atomic E-state index is 0.119. The van der Waals surface area contributed by atoms with Crippen LogP contribution < -0.4 is 10.6 Å². The van der Waals surface area contributed by atoms with Crippen molar-refractivity contribution in [3.05, 3.63) is 65.2 Å². The highest BCUT2D eigenvalue weighted by molar-refractivity contribution is 7.80. The van der Waals surface area contributed by atoms with Crippen molar-refractivity contribution >= 4 is 23.0 Å². The molecule has 2 aromatic carbocycles. The lowest BCUT2D eigenvalue weighted by atomic mass is 9.88. The van der Waals surface area contributed by atoms with Crippen LogP contribution in [0.4, 0.5) is 14.5 Å². The normalized spacial score (nSPS) is 16.7. The van der Waals surface area contributed by atoms with Gasteiger partial charge in [0.2, 0.25) is 0 Å². The quantitative estimate of drug-likeness (QED) is 0.806. The van der Waals surface area contributed by atoms with Gasteiger partial charge in [-0.3, -0.25) is 0 Å². The summed E-state index contributed by atoms with van der Waals surface area (Å²) < 4.78 is 26.5. The highest BCUT2D eigenvalue weighted by Gasteiger charge is 2.20. The summed E-state index contributed by atoms with van der Waals surface area (Å²) in [4.78, 5) is 0. The molecule has 0 bridgehead atoms. The number of fused-ring (bicyclic) bond motifs is 1. The number of benzene rings is 2. The zero-order valence-electron chi connectivity index (χ0n) is 11.9. The topological polar surface area (TPSA) is 24.1 Å². The van der Waals surface area contributed by atoms with Gasteiger partial charge >= 0.3 is 0 Å². The van der Waals surface area contributed by atoms with Gasteiger partial charge in [-0.15, -0.1) is 0 Å². The van der Waals surface area contributed by atoms with Crippen molar-refractivity contribution in [3.8, 4) is 0 Å². The largest absolute Gasteiger partial charge is 0.356 e. The van der Waals surface area contributed by atoms with Crippen LogP contribution in [0, 0.1) is 11.6 Å². The van der Waals surface area contributed by atoms with E-state index in [9.17, 15) is 8.78 Å². The van der Waals surface area contributed by atoms with Gasteiger partial charge in [0.15, 0.2) is 5.11 Å². The third kappa shape index (κ3) is 3.25. The molecule has 2 N–H and O–H groups in total. The van der Waals surface area contributed by atoms with E-state index in [1.807, 2.05) is 12.1 Å². The van der Waals surface area contributed by atoms with E-state index in [-0.39, 0.29) is 11.7 Å². The molecule has 1 aliphatic carbocycles. The van der Waals surface area contributed by atoms with E-state index in [0.29, 0.717) is 5.11 Å². The first-order chi connectivity index (χ1) is 10.6. The van der Waals surface area contributed by atoms with E-state index in [2.05, 4.69) is 22.8 Å². The predicted molar refractivity (Wildman–Crippen MR) is 87.8 cm³/mol. The van der Waals surface area contributed by atoms with E-state index in [1.165, 1.54) is 23.3 Å². The van der Waals surface area contributed by atoms with Crippen LogP contribution in [0.25, 0.3) is 0 Å². The number of halogens is 2. The Hall–Kier alpha value is -2.01. The molecule has 0 spiro atoms. The summed E-state index contributed by atoms with van der Waals surface area (Å²) in [5.74, 6) is -1.27. The van der Waals surface area contributed by atoms with Crippen LogP contribution in [0.1, 0.15) is 30.0 Å². The average molecular weight is 318 g/mol. The van der Waals surface area contributed by atoms with E-state index in [1.54, 1.807) is 0 Å². The summed E-state index contributed by atoms with van der Waals surface area (Å²) in [5.41, 5.74) is 2.72. The van der Waals surface area contributed by atoms with E-state index < -0.39 is 11.6 Å². The Morgan fingerprint density at radius 1 is 1.14 bits per heavy atom. The molecule has 0 saturated carbocycles. The van der Waals surface area contributed by atoms with E-state index in [4.69, 9.17) is 12.2 Å². The molecule has 114 valence electrons. The van der Waals surface area contributed by atoms with Crippen LogP contribution in [-0.2, 0) is 6.42 Å². The molecule has 2 aromatic rings. The number of hydrogen-bond donors (Lipinski definition) is 2. The van der Waals surface area contributed by atoms with Gasteiger partial charge in [0.1, 0.15) is 11.6 Å². The zero-order valence-corrected chi connectivity index (χ0v) is 12.7. The number of anilines is 1. The molecule has 0 amide bonds. The maximum atomic E-state index is 13.6. The lowest BCUT2D eigenvalue weighted by Crippen LogP contribution is -2.34. The number of hydrogen-bond acceptors (Lipinski definition) is 1. The Balaban J connectivity index is 1.70. The Kier molecular flexibility index (Phi) is 4.34. The average Bonchev–Trinajstić information content (AvgIpc) is 2.50. The smallest absolute Gasteiger partial charge is 0.171 e. The molecule has 5 heteroatoms. The molecule has 2 nitrogen and oxygen atoms in total. The number of nitrogens with one attached hydrogen (secondary N) is 2. The molecule has 0 aliphatic heterocycles. The van der Waals surface area contributed by atoms with Gasteiger partial charge in [0, 0.05) is 6.07 Å². The second-order valence-corrected chi connectivity index (χ2v) is 5.77. The van der Waals surface area contributed by atoms with E-state index in [0.717, 1.165) is 25.3 Å². The van der Waals surface area contributed by atoms with Crippen molar-refractivity contribution in [2.75, 3.05) is 5.32 Å².